The van der Waals surface area contributed by atoms with E-state index in [9.17, 15) is 4.79 Å². The third-order valence-corrected chi connectivity index (χ3v) is 3.83. The molecule has 5 nitrogen and oxygen atoms in total. The summed E-state index contributed by atoms with van der Waals surface area (Å²) < 4.78 is 11.5. The van der Waals surface area contributed by atoms with Crippen molar-refractivity contribution in [2.45, 2.75) is 33.4 Å². The average Bonchev–Trinajstić information content (AvgIpc) is 3.01. The summed E-state index contributed by atoms with van der Waals surface area (Å²) in [7, 11) is 0. The van der Waals surface area contributed by atoms with Crippen LogP contribution in [-0.4, -0.2) is 16.9 Å². The molecule has 0 spiro atoms. The Hall–Kier alpha value is -3.08. The SMILES string of the molecule is Cc1oc(-c2ccc(C(=O)NC(C)C)cc2)nc1COc1ccccc1. The van der Waals surface area contributed by atoms with Crippen molar-refractivity contribution in [3.63, 3.8) is 0 Å². The molecule has 0 fully saturated rings. The van der Waals surface area contributed by atoms with Gasteiger partial charge in [0.2, 0.25) is 5.89 Å². The molecule has 1 N–H and O–H groups in total. The molecule has 3 rings (SSSR count). The van der Waals surface area contributed by atoms with Gasteiger partial charge in [0.1, 0.15) is 23.8 Å². The quantitative estimate of drug-likeness (QED) is 0.717. The van der Waals surface area contributed by atoms with Crippen LogP contribution in [0.4, 0.5) is 0 Å². The van der Waals surface area contributed by atoms with Crippen LogP contribution in [0, 0.1) is 6.92 Å². The zero-order chi connectivity index (χ0) is 18.5. The molecular formula is C21H22N2O3. The minimum Gasteiger partial charge on any atom is -0.487 e. The Kier molecular flexibility index (Phi) is 5.37. The standard InChI is InChI=1S/C21H22N2O3/c1-14(2)22-20(24)16-9-11-17(12-10-16)21-23-19(15(3)26-21)13-25-18-7-5-4-6-8-18/h4-12,14H,13H2,1-3H3,(H,22,24). The Labute approximate surface area is 153 Å². The number of rotatable bonds is 6. The summed E-state index contributed by atoms with van der Waals surface area (Å²) in [6.45, 7) is 6.07. The number of nitrogens with zero attached hydrogens (tertiary/aromatic N) is 1. The summed E-state index contributed by atoms with van der Waals surface area (Å²) in [4.78, 5) is 16.5. The number of aromatic nitrogens is 1. The summed E-state index contributed by atoms with van der Waals surface area (Å²) in [6.07, 6.45) is 0. The number of carbonyl (C=O) groups is 1. The lowest BCUT2D eigenvalue weighted by molar-refractivity contribution is 0.0943. The summed E-state index contributed by atoms with van der Waals surface area (Å²) in [5.41, 5.74) is 2.18. The van der Waals surface area contributed by atoms with Crippen molar-refractivity contribution in [3.05, 3.63) is 71.6 Å². The van der Waals surface area contributed by atoms with E-state index in [0.29, 0.717) is 18.1 Å². The zero-order valence-electron chi connectivity index (χ0n) is 15.2. The second kappa shape index (κ2) is 7.87. The second-order valence-corrected chi connectivity index (χ2v) is 6.33. The number of aryl methyl sites for hydroxylation is 1. The number of oxazole rings is 1. The van der Waals surface area contributed by atoms with E-state index in [-0.39, 0.29) is 11.9 Å². The molecule has 1 amide bonds. The van der Waals surface area contributed by atoms with Crippen LogP contribution in [-0.2, 0) is 6.61 Å². The fourth-order valence-electron chi connectivity index (χ4n) is 2.46. The van der Waals surface area contributed by atoms with Gasteiger partial charge in [-0.15, -0.1) is 0 Å². The van der Waals surface area contributed by atoms with Gasteiger partial charge in [-0.2, -0.15) is 0 Å². The van der Waals surface area contributed by atoms with E-state index in [0.717, 1.165) is 22.8 Å². The molecule has 2 aromatic carbocycles. The van der Waals surface area contributed by atoms with Gasteiger partial charge in [0.25, 0.3) is 5.91 Å². The van der Waals surface area contributed by atoms with E-state index in [2.05, 4.69) is 10.3 Å². The van der Waals surface area contributed by atoms with E-state index < -0.39 is 0 Å². The van der Waals surface area contributed by atoms with Gasteiger partial charge < -0.3 is 14.5 Å². The maximum absolute atomic E-state index is 12.0. The van der Waals surface area contributed by atoms with Crippen LogP contribution in [0.25, 0.3) is 11.5 Å². The lowest BCUT2D eigenvalue weighted by Gasteiger charge is -2.08. The highest BCUT2D eigenvalue weighted by Gasteiger charge is 2.13. The average molecular weight is 350 g/mol. The van der Waals surface area contributed by atoms with Crippen LogP contribution in [0.3, 0.4) is 0 Å². The smallest absolute Gasteiger partial charge is 0.251 e. The highest BCUT2D eigenvalue weighted by molar-refractivity contribution is 5.94. The van der Waals surface area contributed by atoms with Crippen molar-refractivity contribution in [3.8, 4) is 17.2 Å². The molecule has 0 bridgehead atoms. The van der Waals surface area contributed by atoms with E-state index in [1.165, 1.54) is 0 Å². The number of ether oxygens (including phenoxy) is 1. The number of benzene rings is 2. The van der Waals surface area contributed by atoms with Crippen molar-refractivity contribution in [2.75, 3.05) is 0 Å². The molecule has 0 saturated heterocycles. The maximum Gasteiger partial charge on any atom is 0.251 e. The molecule has 1 aromatic heterocycles. The van der Waals surface area contributed by atoms with Crippen molar-refractivity contribution in [1.29, 1.82) is 0 Å². The van der Waals surface area contributed by atoms with Gasteiger partial charge in [0.15, 0.2) is 0 Å². The molecule has 1 heterocycles. The Morgan fingerprint density at radius 1 is 1.12 bits per heavy atom. The van der Waals surface area contributed by atoms with Crippen LogP contribution in [0.2, 0.25) is 0 Å². The van der Waals surface area contributed by atoms with Crippen LogP contribution in [0.1, 0.15) is 35.7 Å². The van der Waals surface area contributed by atoms with Crippen LogP contribution in [0.5, 0.6) is 5.75 Å². The number of hydrogen-bond donors (Lipinski definition) is 1. The second-order valence-electron chi connectivity index (χ2n) is 6.33. The topological polar surface area (TPSA) is 64.4 Å². The first kappa shape index (κ1) is 17.7. The maximum atomic E-state index is 12.0. The Bertz CT molecular complexity index is 868. The lowest BCUT2D eigenvalue weighted by atomic mass is 10.1. The van der Waals surface area contributed by atoms with Crippen LogP contribution >= 0.6 is 0 Å². The van der Waals surface area contributed by atoms with Gasteiger partial charge in [0.05, 0.1) is 0 Å². The summed E-state index contributed by atoms with van der Waals surface area (Å²) in [5.74, 6) is 1.94. The Morgan fingerprint density at radius 2 is 1.81 bits per heavy atom. The predicted molar refractivity (Wildman–Crippen MR) is 100 cm³/mol. The van der Waals surface area contributed by atoms with Gasteiger partial charge in [0, 0.05) is 17.2 Å². The minimum absolute atomic E-state index is 0.0907. The molecule has 3 aromatic rings. The largest absolute Gasteiger partial charge is 0.487 e. The van der Waals surface area contributed by atoms with E-state index in [1.54, 1.807) is 12.1 Å². The third-order valence-electron chi connectivity index (χ3n) is 3.83. The Balaban J connectivity index is 1.71. The van der Waals surface area contributed by atoms with Crippen molar-refractivity contribution in [1.82, 2.24) is 10.3 Å². The first-order valence-corrected chi connectivity index (χ1v) is 8.58. The van der Waals surface area contributed by atoms with E-state index in [1.807, 2.05) is 63.2 Å². The van der Waals surface area contributed by atoms with Gasteiger partial charge in [-0.1, -0.05) is 18.2 Å². The number of hydrogen-bond acceptors (Lipinski definition) is 4. The first-order chi connectivity index (χ1) is 12.5. The summed E-state index contributed by atoms with van der Waals surface area (Å²) >= 11 is 0. The van der Waals surface area contributed by atoms with Crippen molar-refractivity contribution >= 4 is 5.91 Å². The van der Waals surface area contributed by atoms with E-state index >= 15 is 0 Å². The van der Waals surface area contributed by atoms with Gasteiger partial charge in [-0.05, 0) is 57.2 Å². The highest BCUT2D eigenvalue weighted by atomic mass is 16.5. The lowest BCUT2D eigenvalue weighted by Crippen LogP contribution is -2.29. The van der Waals surface area contributed by atoms with Crippen LogP contribution < -0.4 is 10.1 Å². The number of amides is 1. The predicted octanol–water partition coefficient (Wildman–Crippen LogP) is 4.37. The normalized spacial score (nSPS) is 10.8. The van der Waals surface area contributed by atoms with E-state index in [4.69, 9.17) is 9.15 Å². The van der Waals surface area contributed by atoms with Crippen molar-refractivity contribution < 1.29 is 13.9 Å². The molecule has 0 radical (unpaired) electrons. The minimum atomic E-state index is -0.0907. The molecule has 0 aliphatic carbocycles. The molecule has 0 unspecified atom stereocenters. The number of para-hydroxylation sites is 1. The monoisotopic (exact) mass is 350 g/mol. The zero-order valence-corrected chi connectivity index (χ0v) is 15.2. The molecule has 0 aliphatic rings. The molecule has 0 saturated carbocycles. The summed E-state index contributed by atoms with van der Waals surface area (Å²) in [6, 6.07) is 16.9. The third kappa shape index (κ3) is 4.30. The van der Waals surface area contributed by atoms with Gasteiger partial charge >= 0.3 is 0 Å². The molecule has 0 aliphatic heterocycles. The van der Waals surface area contributed by atoms with Crippen LogP contribution in [0.15, 0.2) is 59.0 Å². The van der Waals surface area contributed by atoms with Crippen molar-refractivity contribution in [2.24, 2.45) is 0 Å². The Morgan fingerprint density at radius 3 is 2.46 bits per heavy atom. The number of nitrogens with one attached hydrogen (secondary N) is 1. The first-order valence-electron chi connectivity index (χ1n) is 8.58. The molecule has 134 valence electrons. The highest BCUT2D eigenvalue weighted by Crippen LogP contribution is 2.23. The summed E-state index contributed by atoms with van der Waals surface area (Å²) in [5, 5.41) is 2.87. The van der Waals surface area contributed by atoms with Gasteiger partial charge in [-0.25, -0.2) is 4.98 Å². The fraction of sp³-hybridized carbons (Fsp3) is 0.238. The molecule has 5 heteroatoms. The molecule has 26 heavy (non-hydrogen) atoms. The number of carbonyl (C=O) groups excluding carboxylic acids is 1. The van der Waals surface area contributed by atoms with Gasteiger partial charge in [-0.3, -0.25) is 4.79 Å². The molecule has 0 atom stereocenters. The fourth-order valence-corrected chi connectivity index (χ4v) is 2.46. The molecular weight excluding hydrogens is 328 g/mol.